The fraction of sp³-hybridized carbons (Fsp3) is 0.158. The zero-order valence-corrected chi connectivity index (χ0v) is 14.0. The molecule has 1 unspecified atom stereocenters. The number of benzene rings is 2. The van der Waals surface area contributed by atoms with Gasteiger partial charge < -0.3 is 16.0 Å². The molecule has 0 fully saturated rings. The largest absolute Gasteiger partial charge is 0.376 e. The van der Waals surface area contributed by atoms with Gasteiger partial charge in [-0.2, -0.15) is 5.26 Å². The number of nitrogens with two attached hydrogens (primary N) is 1. The van der Waals surface area contributed by atoms with Gasteiger partial charge in [-0.3, -0.25) is 0 Å². The molecule has 1 aliphatic rings. The van der Waals surface area contributed by atoms with Crippen molar-refractivity contribution in [2.24, 2.45) is 5.73 Å². The molecule has 0 radical (unpaired) electrons. The first-order chi connectivity index (χ1) is 11.6. The lowest BCUT2D eigenvalue weighted by Crippen LogP contribution is -2.59. The first kappa shape index (κ1) is 16.0. The second kappa shape index (κ2) is 6.73. The average molecular weight is 334 g/mol. The van der Waals surface area contributed by atoms with Gasteiger partial charge in [0.05, 0.1) is 0 Å². The number of thiocarbonyl (C=S) groups is 1. The summed E-state index contributed by atoms with van der Waals surface area (Å²) in [4.78, 5) is 1.92. The minimum absolute atomic E-state index is 0.104. The monoisotopic (exact) mass is 334 g/mol. The Morgan fingerprint density at radius 1 is 1.21 bits per heavy atom. The Bertz CT molecular complexity index is 865. The van der Waals surface area contributed by atoms with Crippen LogP contribution in [0.15, 0.2) is 66.9 Å². The highest BCUT2D eigenvalue weighted by Gasteiger charge is 2.34. The lowest BCUT2D eigenvalue weighted by Gasteiger charge is -2.38. The highest BCUT2D eigenvalue weighted by atomic mass is 32.1. The molecule has 0 saturated carbocycles. The molecule has 120 valence electrons. The van der Waals surface area contributed by atoms with Crippen LogP contribution in [-0.2, 0) is 6.42 Å². The summed E-state index contributed by atoms with van der Waals surface area (Å²) in [6.07, 6.45) is 8.19. The summed E-state index contributed by atoms with van der Waals surface area (Å²) in [7, 11) is 0. The predicted octanol–water partition coefficient (Wildman–Crippen LogP) is 2.82. The SMILES string of the molecule is N#CC1(NC(N)=S)C=CC=CN1CCc1ccc2ccccc2c1. The second-order valence-electron chi connectivity index (χ2n) is 5.69. The molecule has 0 amide bonds. The number of rotatable bonds is 4. The molecule has 0 aliphatic carbocycles. The molecule has 2 aromatic rings. The van der Waals surface area contributed by atoms with Crippen LogP contribution in [0.5, 0.6) is 0 Å². The molecule has 3 rings (SSSR count). The summed E-state index contributed by atoms with van der Waals surface area (Å²) in [5, 5.41) is 15.1. The van der Waals surface area contributed by atoms with Gasteiger partial charge in [-0.1, -0.05) is 48.5 Å². The molecule has 4 nitrogen and oxygen atoms in total. The summed E-state index contributed by atoms with van der Waals surface area (Å²) >= 11 is 4.93. The van der Waals surface area contributed by atoms with E-state index in [1.807, 2.05) is 35.4 Å². The lowest BCUT2D eigenvalue weighted by molar-refractivity contribution is 0.236. The van der Waals surface area contributed by atoms with E-state index in [1.54, 1.807) is 6.08 Å². The van der Waals surface area contributed by atoms with Crippen molar-refractivity contribution in [3.05, 3.63) is 72.5 Å². The van der Waals surface area contributed by atoms with Crippen molar-refractivity contribution in [1.82, 2.24) is 10.2 Å². The number of nitrogens with one attached hydrogen (secondary N) is 1. The second-order valence-corrected chi connectivity index (χ2v) is 6.13. The molecule has 0 spiro atoms. The molecule has 0 aromatic heterocycles. The molecule has 3 N–H and O–H groups in total. The fourth-order valence-electron chi connectivity index (χ4n) is 2.89. The van der Waals surface area contributed by atoms with Crippen LogP contribution >= 0.6 is 12.2 Å². The van der Waals surface area contributed by atoms with Gasteiger partial charge in [0, 0.05) is 12.7 Å². The number of hydrogen-bond donors (Lipinski definition) is 2. The maximum absolute atomic E-state index is 9.64. The van der Waals surface area contributed by atoms with Gasteiger partial charge in [0.2, 0.25) is 5.66 Å². The van der Waals surface area contributed by atoms with Gasteiger partial charge >= 0.3 is 0 Å². The number of allylic oxidation sites excluding steroid dienone is 2. The van der Waals surface area contributed by atoms with Crippen LogP contribution in [0.4, 0.5) is 0 Å². The molecule has 24 heavy (non-hydrogen) atoms. The van der Waals surface area contributed by atoms with Gasteiger partial charge in [-0.25, -0.2) is 0 Å². The van der Waals surface area contributed by atoms with Gasteiger partial charge in [0.25, 0.3) is 0 Å². The Morgan fingerprint density at radius 3 is 2.75 bits per heavy atom. The predicted molar refractivity (Wildman–Crippen MR) is 101 cm³/mol. The van der Waals surface area contributed by atoms with Crippen LogP contribution < -0.4 is 11.1 Å². The minimum Gasteiger partial charge on any atom is -0.376 e. The Kier molecular flexibility index (Phi) is 4.50. The smallest absolute Gasteiger partial charge is 0.221 e. The van der Waals surface area contributed by atoms with Crippen LogP contribution in [0, 0.1) is 11.3 Å². The van der Waals surface area contributed by atoms with Crippen molar-refractivity contribution in [3.8, 4) is 6.07 Å². The van der Waals surface area contributed by atoms with E-state index in [-0.39, 0.29) is 5.11 Å². The van der Waals surface area contributed by atoms with Crippen LogP contribution in [0.25, 0.3) is 10.8 Å². The third-order valence-electron chi connectivity index (χ3n) is 4.11. The number of nitriles is 1. The minimum atomic E-state index is -1.03. The summed E-state index contributed by atoms with van der Waals surface area (Å²) in [5.41, 5.74) is 5.79. The Balaban J connectivity index is 1.78. The fourth-order valence-corrected chi connectivity index (χ4v) is 3.04. The van der Waals surface area contributed by atoms with Crippen LogP contribution in [-0.4, -0.2) is 22.2 Å². The summed E-state index contributed by atoms with van der Waals surface area (Å²) < 4.78 is 0. The van der Waals surface area contributed by atoms with Gasteiger partial charge in [-0.05, 0) is 47.1 Å². The van der Waals surface area contributed by atoms with E-state index in [1.165, 1.54) is 16.3 Å². The van der Waals surface area contributed by atoms with Crippen molar-refractivity contribution in [2.75, 3.05) is 6.54 Å². The molecule has 1 atom stereocenters. The van der Waals surface area contributed by atoms with E-state index in [2.05, 4.69) is 41.7 Å². The number of hydrogen-bond acceptors (Lipinski definition) is 3. The van der Waals surface area contributed by atoms with E-state index >= 15 is 0 Å². The van der Waals surface area contributed by atoms with Crippen LogP contribution in [0.1, 0.15) is 5.56 Å². The van der Waals surface area contributed by atoms with Crippen LogP contribution in [0.3, 0.4) is 0 Å². The van der Waals surface area contributed by atoms with Crippen molar-refractivity contribution < 1.29 is 0 Å². The lowest BCUT2D eigenvalue weighted by atomic mass is 10.0. The standard InChI is InChI=1S/C19H18N4S/c20-14-19(22-18(21)24)10-3-4-11-23(19)12-9-15-7-8-16-5-1-2-6-17(16)13-15/h1-8,10-11,13H,9,12H2,(H3,21,22,24). The van der Waals surface area contributed by atoms with Gasteiger partial charge in [0.15, 0.2) is 5.11 Å². The van der Waals surface area contributed by atoms with Crippen molar-refractivity contribution in [1.29, 1.82) is 5.26 Å². The summed E-state index contributed by atoms with van der Waals surface area (Å²) in [5.74, 6) is 0. The van der Waals surface area contributed by atoms with Gasteiger partial charge in [-0.15, -0.1) is 0 Å². The van der Waals surface area contributed by atoms with Crippen molar-refractivity contribution in [2.45, 2.75) is 12.1 Å². The molecular formula is C19H18N4S. The first-order valence-electron chi connectivity index (χ1n) is 7.72. The van der Waals surface area contributed by atoms with E-state index in [9.17, 15) is 5.26 Å². The Morgan fingerprint density at radius 2 is 2.00 bits per heavy atom. The topological polar surface area (TPSA) is 65.1 Å². The van der Waals surface area contributed by atoms with E-state index in [0.29, 0.717) is 6.54 Å². The zero-order valence-electron chi connectivity index (χ0n) is 13.1. The summed E-state index contributed by atoms with van der Waals surface area (Å²) in [6.45, 7) is 0.669. The van der Waals surface area contributed by atoms with E-state index < -0.39 is 5.66 Å². The quantitative estimate of drug-likeness (QED) is 0.842. The third kappa shape index (κ3) is 3.24. The molecular weight excluding hydrogens is 316 g/mol. The molecule has 1 heterocycles. The third-order valence-corrected chi connectivity index (χ3v) is 4.21. The van der Waals surface area contributed by atoms with Crippen LogP contribution in [0.2, 0.25) is 0 Å². The number of fused-ring (bicyclic) bond motifs is 1. The summed E-state index contributed by atoms with van der Waals surface area (Å²) in [6, 6.07) is 17.0. The number of nitrogens with zero attached hydrogens (tertiary/aromatic N) is 2. The normalized spacial score (nSPS) is 19.2. The molecule has 5 heteroatoms. The maximum Gasteiger partial charge on any atom is 0.221 e. The first-order valence-corrected chi connectivity index (χ1v) is 8.13. The van der Waals surface area contributed by atoms with E-state index in [0.717, 1.165) is 6.42 Å². The molecule has 0 saturated heterocycles. The van der Waals surface area contributed by atoms with Gasteiger partial charge in [0.1, 0.15) is 6.07 Å². The van der Waals surface area contributed by atoms with Crippen molar-refractivity contribution >= 4 is 28.1 Å². The Hall–Kier alpha value is -2.84. The average Bonchev–Trinajstić information content (AvgIpc) is 2.60. The highest BCUT2D eigenvalue weighted by molar-refractivity contribution is 7.80. The highest BCUT2D eigenvalue weighted by Crippen LogP contribution is 2.21. The van der Waals surface area contributed by atoms with E-state index in [4.69, 9.17) is 18.0 Å². The zero-order chi connectivity index (χ0) is 17.0. The molecule has 2 aromatic carbocycles. The van der Waals surface area contributed by atoms with Crippen molar-refractivity contribution in [3.63, 3.8) is 0 Å². The molecule has 1 aliphatic heterocycles. The Labute approximate surface area is 146 Å². The maximum atomic E-state index is 9.64. The molecule has 0 bridgehead atoms.